The Hall–Kier alpha value is -12.8. The molecule has 794 valence electrons. The monoisotopic (exact) mass is 2100 g/mol. The highest BCUT2D eigenvalue weighted by Gasteiger charge is 2.49. The smallest absolute Gasteiger partial charge is 0.319 e. The van der Waals surface area contributed by atoms with E-state index in [1.54, 1.807) is 65.1 Å². The van der Waals surface area contributed by atoms with Gasteiger partial charge < -0.3 is 50.3 Å². The summed E-state index contributed by atoms with van der Waals surface area (Å²) >= 11 is 12.3. The molecule has 7 aliphatic rings. The van der Waals surface area contributed by atoms with Crippen LogP contribution in [0.4, 0.5) is 8.78 Å². The number of carbonyl (C=O) groups is 10. The molecular weight excluding hydrogens is 1970 g/mol. The number of aryl methyl sites for hydroxylation is 1. The second-order valence-corrected chi connectivity index (χ2v) is 43.5. The fourth-order valence-corrected chi connectivity index (χ4v) is 22.0. The van der Waals surface area contributed by atoms with E-state index in [-0.39, 0.29) is 124 Å². The molecule has 6 aromatic heterocycles. The first kappa shape index (κ1) is 115. The summed E-state index contributed by atoms with van der Waals surface area (Å²) in [7, 11) is -4.03. The summed E-state index contributed by atoms with van der Waals surface area (Å²) in [6, 6.07) is 49.0. The van der Waals surface area contributed by atoms with Gasteiger partial charge in [0.2, 0.25) is 0 Å². The number of pyridine rings is 2. The Kier molecular flexibility index (Phi) is 41.4. The van der Waals surface area contributed by atoms with E-state index in [4.69, 9.17) is 53.0 Å². The number of nitrogens with two attached hydrogens (primary N) is 1. The summed E-state index contributed by atoms with van der Waals surface area (Å²) < 4.78 is 78.5. The van der Waals surface area contributed by atoms with Crippen LogP contribution in [0, 0.1) is 69.3 Å². The Bertz CT molecular complexity index is 6570. The van der Waals surface area contributed by atoms with Crippen molar-refractivity contribution >= 4 is 114 Å². The number of carbonyl (C=O) groups excluding carboxylic acids is 7. The van der Waals surface area contributed by atoms with E-state index in [1.807, 2.05) is 116 Å². The molecule has 34 heteroatoms. The highest BCUT2D eigenvalue weighted by molar-refractivity contribution is 7.90. The molecule has 6 heterocycles. The van der Waals surface area contributed by atoms with Crippen molar-refractivity contribution in [3.05, 3.63) is 256 Å². The molecule has 149 heavy (non-hydrogen) atoms. The number of aromatic amines is 1. The van der Waals surface area contributed by atoms with Crippen LogP contribution in [0.5, 0.6) is 0 Å². The van der Waals surface area contributed by atoms with Crippen LogP contribution < -0.4 is 11.1 Å². The Morgan fingerprint density at radius 2 is 0.913 bits per heavy atom. The van der Waals surface area contributed by atoms with E-state index in [1.165, 1.54) is 36.3 Å². The van der Waals surface area contributed by atoms with Crippen LogP contribution in [-0.4, -0.2) is 140 Å². The lowest BCUT2D eigenvalue weighted by atomic mass is 9.66. The van der Waals surface area contributed by atoms with Crippen molar-refractivity contribution in [1.29, 1.82) is 0 Å². The van der Waals surface area contributed by atoms with Crippen LogP contribution in [0.15, 0.2) is 200 Å². The average Bonchev–Trinajstić information content (AvgIpc) is 1.59. The first-order valence-corrected chi connectivity index (χ1v) is 53.8. The van der Waals surface area contributed by atoms with E-state index in [0.717, 1.165) is 173 Å². The number of Topliss-reactive ketones (excluding diaryl/α,β-unsaturated/α-hetero) is 3. The third-order valence-corrected chi connectivity index (χ3v) is 32.4. The molecule has 18 rings (SSSR count). The summed E-state index contributed by atoms with van der Waals surface area (Å²) in [5, 5.41) is 34.0. The molecule has 29 nitrogen and oxygen atoms in total. The molecule has 5 aromatic carbocycles. The number of fused-ring (bicyclic) bond motifs is 2. The Labute approximate surface area is 878 Å². The zero-order valence-corrected chi connectivity index (χ0v) is 88.0. The number of aliphatic carboxylic acids is 3. The number of nitrogens with one attached hydrogen (secondary N) is 2. The standard InChI is InChI=1S/C27H26ClFN4O4S.C22H27NO2.C20H20ClFN4O2.C15H18O3.C14H16O3.C9H14O3.C8H15NO2/c1-16-6-8-19(9-7-16)38(36,37)33-15-21(20-12-18(28)13-31-25(20)33)24-30-14-22(29)23(32-24)11-17-5-3-4-10-27(17,2)26(34)35;1-22(21(24)25-17-19-12-6-3-7-13-19)15-9-8-14-20(22)23-16-18-10-4-2-5-11-18;1-20(19(27)28)5-3-2-4-11(20)6-16-15(22)10-25-18(26-16)14-9-24-17-13(14)7-12(21)8-23-17;1-15(10-6-5-9-13(15)16)14(17)18-11-12-7-3-2-4-8-12;15-13-9-5-4-8-12(13)14(16)17-10-11-6-2-1-3-7-11;1-2-12-9(11)7-5-3-4-6-8(7)10;1-8(7(10)11)5-3-2-4-6(8)9/h6-9,12-15,17H,3-5,10-11H2,1-2H3,(H,34,35);2-7,10-13,20,23H,8-9,14-17H2,1H3;7-11H,2-6H2,1H3,(H,23,24)(H,27,28);2-4,7-8H,5-6,9-11H2,1H3;1-3,6-7,12H,4-5,8-10H2;7H,2-6H2,1H3;6H,2-5,9H2,1H3,(H,10,11)/t17-,27+;20-,22-;11-,20+;;;;6-,8-/m101...0/s1. The number of hydrogen-bond donors (Lipinski definition) is 6. The number of carboxylic acid groups (broad SMARTS) is 3. The molecule has 0 aliphatic heterocycles. The van der Waals surface area contributed by atoms with Crippen molar-refractivity contribution in [2.75, 3.05) is 6.61 Å². The third kappa shape index (κ3) is 29.9. The minimum Gasteiger partial charge on any atom is -0.481 e. The summed E-state index contributed by atoms with van der Waals surface area (Å²) in [4.78, 5) is 146. The lowest BCUT2D eigenvalue weighted by Crippen LogP contribution is -2.50. The SMILES string of the molecule is CC1(C(=O)OCc2ccccc2)CCCCC1=O.CCOC(=O)C1CCCCC1=O.C[C@]1(C(=O)O)CCCC[C@@H]1Cc1nc(-c2c[nH]c3ncc(Cl)cc23)ncc1F.C[C@]1(C(=O)O)CCCC[C@@H]1N.C[C@]1(C(=O)OCc2ccccc2)CCCC[C@@H]1NCc1ccccc1.Cc1ccc(S(=O)(=O)n2cc(-c3ncc(F)c(C[C@H]4CCCC[C@]4(C)C(=O)O)n3)c3cc(Cl)cnc32)cc1.O=C1CCCCC1C(=O)OCc1ccccc1. The first-order valence-electron chi connectivity index (χ1n) is 51.6. The van der Waals surface area contributed by atoms with Crippen molar-refractivity contribution in [2.45, 2.75) is 284 Å². The molecule has 0 radical (unpaired) electrons. The maximum absolute atomic E-state index is 14.9. The number of ketones is 3. The predicted octanol–water partition coefficient (Wildman–Crippen LogP) is 22.4. The Morgan fingerprint density at radius 1 is 0.483 bits per heavy atom. The molecule has 7 aliphatic carbocycles. The fraction of sp³-hybridized carbons (Fsp3) is 0.461. The number of esters is 4. The predicted molar refractivity (Wildman–Crippen MR) is 561 cm³/mol. The topological polar surface area (TPSA) is 439 Å². The van der Waals surface area contributed by atoms with Crippen LogP contribution in [-0.2, 0) is 116 Å². The second-order valence-electron chi connectivity index (χ2n) is 40.8. The normalized spacial score (nSPS) is 23.1. The minimum absolute atomic E-state index is 0.0202. The van der Waals surface area contributed by atoms with Gasteiger partial charge in [-0.2, -0.15) is 0 Å². The van der Waals surface area contributed by atoms with Crippen LogP contribution in [0.25, 0.3) is 44.8 Å². The number of hydrogen-bond acceptors (Lipinski definition) is 24. The highest BCUT2D eigenvalue weighted by atomic mass is 35.5. The summed E-state index contributed by atoms with van der Waals surface area (Å²) in [5.74, 6) is -5.67. The van der Waals surface area contributed by atoms with Gasteiger partial charge in [-0.25, -0.2) is 51.1 Å². The van der Waals surface area contributed by atoms with Crippen molar-refractivity contribution < 1.29 is 99.4 Å². The Balaban J connectivity index is 0.000000160. The van der Waals surface area contributed by atoms with Crippen LogP contribution in [0.1, 0.15) is 261 Å². The van der Waals surface area contributed by atoms with Crippen LogP contribution in [0.3, 0.4) is 0 Å². The van der Waals surface area contributed by atoms with Crippen molar-refractivity contribution in [3.8, 4) is 22.8 Å². The van der Waals surface area contributed by atoms with Gasteiger partial charge in [-0.05, 0) is 210 Å². The number of carboxylic acids is 3. The molecular formula is C115H136Cl2F2N10O19S. The number of ether oxygens (including phenoxy) is 4. The van der Waals surface area contributed by atoms with Gasteiger partial charge in [0.15, 0.2) is 28.9 Å². The minimum atomic E-state index is -4.03. The molecule has 11 aromatic rings. The average molecular weight is 2100 g/mol. The summed E-state index contributed by atoms with van der Waals surface area (Å²) in [6.45, 7) is 14.6. The summed E-state index contributed by atoms with van der Waals surface area (Å²) in [5.41, 5.74) is 9.01. The van der Waals surface area contributed by atoms with E-state index in [0.29, 0.717) is 104 Å². The van der Waals surface area contributed by atoms with E-state index >= 15 is 0 Å². The zero-order valence-electron chi connectivity index (χ0n) is 85.7. The molecule has 7 fully saturated rings. The summed E-state index contributed by atoms with van der Waals surface area (Å²) in [6.07, 6.45) is 31.4. The quantitative estimate of drug-likeness (QED) is 0.0176. The van der Waals surface area contributed by atoms with Crippen molar-refractivity contribution in [3.63, 3.8) is 0 Å². The van der Waals surface area contributed by atoms with Crippen molar-refractivity contribution in [2.24, 2.45) is 56.5 Å². The largest absolute Gasteiger partial charge is 0.481 e. The maximum atomic E-state index is 14.9. The number of H-pyrrole nitrogens is 1. The van der Waals surface area contributed by atoms with Crippen molar-refractivity contribution in [1.82, 2.24) is 44.2 Å². The number of rotatable bonds is 25. The number of nitrogens with zero attached hydrogens (tertiary/aromatic N) is 7. The molecule has 0 saturated heterocycles. The van der Waals surface area contributed by atoms with Gasteiger partial charge in [-0.1, -0.05) is 233 Å². The van der Waals surface area contributed by atoms with Crippen LogP contribution >= 0.6 is 23.2 Å². The van der Waals surface area contributed by atoms with Gasteiger partial charge in [0, 0.05) is 84.6 Å². The molecule has 7 N–H and O–H groups in total. The molecule has 0 amide bonds. The third-order valence-electron chi connectivity index (χ3n) is 30.3. The number of aromatic nitrogens is 8. The van der Waals surface area contributed by atoms with Gasteiger partial charge in [0.05, 0.1) is 67.0 Å². The first-order chi connectivity index (χ1) is 71.3. The molecule has 7 saturated carbocycles. The number of halogens is 4. The van der Waals surface area contributed by atoms with Gasteiger partial charge in [0.1, 0.15) is 60.1 Å². The molecule has 11 atom stereocenters. The zero-order chi connectivity index (χ0) is 107. The number of benzene rings is 5. The molecule has 3 unspecified atom stereocenters. The lowest BCUT2D eigenvalue weighted by Gasteiger charge is -2.39. The van der Waals surface area contributed by atoms with E-state index in [2.05, 4.69) is 59.3 Å². The van der Waals surface area contributed by atoms with Gasteiger partial charge in [0.25, 0.3) is 10.0 Å². The fourth-order valence-electron chi connectivity index (χ4n) is 20.3. The van der Waals surface area contributed by atoms with E-state index < -0.39 is 78.5 Å². The van der Waals surface area contributed by atoms with Gasteiger partial charge in [-0.3, -0.25) is 47.9 Å². The maximum Gasteiger partial charge on any atom is 0.319 e. The van der Waals surface area contributed by atoms with Crippen LogP contribution in [0.2, 0.25) is 10.0 Å². The van der Waals surface area contributed by atoms with Gasteiger partial charge >= 0.3 is 41.8 Å². The van der Waals surface area contributed by atoms with E-state index in [9.17, 15) is 75.4 Å². The molecule has 0 spiro atoms. The second kappa shape index (κ2) is 53.6. The lowest BCUT2D eigenvalue weighted by molar-refractivity contribution is -0.163. The Morgan fingerprint density at radius 3 is 1.40 bits per heavy atom. The highest BCUT2D eigenvalue weighted by Crippen LogP contribution is 2.47. The van der Waals surface area contributed by atoms with Gasteiger partial charge in [-0.15, -0.1) is 0 Å². The molecule has 0 bridgehead atoms.